The highest BCUT2D eigenvalue weighted by Crippen LogP contribution is 2.17. The number of ether oxygens (including phenoxy) is 1. The molecule has 0 aliphatic carbocycles. The van der Waals surface area contributed by atoms with E-state index < -0.39 is 10.0 Å². The predicted octanol–water partition coefficient (Wildman–Crippen LogP) is 2.03. The summed E-state index contributed by atoms with van der Waals surface area (Å²) in [4.78, 5) is 0. The minimum Gasteiger partial charge on any atom is -0.378 e. The normalized spacial score (nSPS) is 11.3. The number of nitrogens with one attached hydrogen (secondary N) is 1. The number of hydrogen-bond donors (Lipinski definition) is 1. The van der Waals surface area contributed by atoms with Crippen LogP contribution in [0.1, 0.15) is 25.0 Å². The van der Waals surface area contributed by atoms with Gasteiger partial charge in [0.25, 0.3) is 0 Å². The Balaban J connectivity index is 2.75. The third-order valence-corrected chi connectivity index (χ3v) is 3.67. The lowest BCUT2D eigenvalue weighted by Gasteiger charge is -2.12. The highest BCUT2D eigenvalue weighted by molar-refractivity contribution is 7.92. The van der Waals surface area contributed by atoms with E-state index in [0.717, 1.165) is 5.56 Å². The van der Waals surface area contributed by atoms with E-state index in [9.17, 15) is 8.42 Å². The summed E-state index contributed by atoms with van der Waals surface area (Å²) < 4.78 is 31.4. The summed E-state index contributed by atoms with van der Waals surface area (Å²) in [7, 11) is -3.46. The molecule has 19 heavy (non-hydrogen) atoms. The second kappa shape index (κ2) is 6.55. The van der Waals surface area contributed by atoms with Gasteiger partial charge in [-0.3, -0.25) is 4.72 Å². The van der Waals surface area contributed by atoms with Gasteiger partial charge in [-0.15, -0.1) is 0 Å². The SMILES string of the molecule is Cc1ccc(C#N)cc1NS(=O)(=O)CCOC(C)C. The van der Waals surface area contributed by atoms with Crippen molar-refractivity contribution in [3.8, 4) is 6.07 Å². The zero-order valence-corrected chi connectivity index (χ0v) is 12.1. The van der Waals surface area contributed by atoms with Crippen LogP contribution in [-0.4, -0.2) is 26.9 Å². The largest absolute Gasteiger partial charge is 0.378 e. The average Bonchev–Trinajstić information content (AvgIpc) is 2.31. The maximum atomic E-state index is 11.9. The topological polar surface area (TPSA) is 79.2 Å². The fourth-order valence-corrected chi connectivity index (χ4v) is 2.39. The van der Waals surface area contributed by atoms with E-state index in [-0.39, 0.29) is 18.5 Å². The Kier molecular flexibility index (Phi) is 5.33. The van der Waals surface area contributed by atoms with Crippen molar-refractivity contribution >= 4 is 15.7 Å². The number of anilines is 1. The summed E-state index contributed by atoms with van der Waals surface area (Å²) in [5.74, 6) is -0.110. The van der Waals surface area contributed by atoms with Gasteiger partial charge in [-0.05, 0) is 38.5 Å². The molecule has 0 unspecified atom stereocenters. The Morgan fingerprint density at radius 3 is 2.68 bits per heavy atom. The molecule has 0 bridgehead atoms. The van der Waals surface area contributed by atoms with E-state index in [2.05, 4.69) is 4.72 Å². The Bertz CT molecular complexity index is 574. The molecule has 6 heteroatoms. The predicted molar refractivity (Wildman–Crippen MR) is 74.4 cm³/mol. The molecule has 0 saturated carbocycles. The molecule has 0 amide bonds. The molecule has 0 aromatic heterocycles. The van der Waals surface area contributed by atoms with Gasteiger partial charge in [0.2, 0.25) is 10.0 Å². The Morgan fingerprint density at radius 1 is 1.42 bits per heavy atom. The monoisotopic (exact) mass is 282 g/mol. The van der Waals surface area contributed by atoms with Crippen molar-refractivity contribution in [1.29, 1.82) is 5.26 Å². The zero-order valence-electron chi connectivity index (χ0n) is 11.3. The second-order valence-electron chi connectivity index (χ2n) is 4.48. The summed E-state index contributed by atoms with van der Waals surface area (Å²) >= 11 is 0. The molecule has 0 atom stereocenters. The summed E-state index contributed by atoms with van der Waals surface area (Å²) in [6.45, 7) is 5.62. The number of rotatable bonds is 6. The van der Waals surface area contributed by atoms with Crippen molar-refractivity contribution < 1.29 is 13.2 Å². The Labute approximate surface area is 114 Å². The number of nitriles is 1. The van der Waals surface area contributed by atoms with Crippen LogP contribution in [0.25, 0.3) is 0 Å². The van der Waals surface area contributed by atoms with Gasteiger partial charge in [0.1, 0.15) is 0 Å². The van der Waals surface area contributed by atoms with Crippen molar-refractivity contribution in [2.45, 2.75) is 26.9 Å². The van der Waals surface area contributed by atoms with Gasteiger partial charge in [0.05, 0.1) is 35.8 Å². The van der Waals surface area contributed by atoms with E-state index in [0.29, 0.717) is 11.3 Å². The minimum absolute atomic E-state index is 0.00106. The molecule has 0 aliphatic rings. The summed E-state index contributed by atoms with van der Waals surface area (Å²) in [5.41, 5.74) is 1.62. The van der Waals surface area contributed by atoms with Crippen LogP contribution in [0.15, 0.2) is 18.2 Å². The minimum atomic E-state index is -3.46. The van der Waals surface area contributed by atoms with Crippen LogP contribution in [0.4, 0.5) is 5.69 Å². The maximum absolute atomic E-state index is 11.9. The van der Waals surface area contributed by atoms with Crippen LogP contribution < -0.4 is 4.72 Å². The first kappa shape index (κ1) is 15.5. The molecule has 104 valence electrons. The van der Waals surface area contributed by atoms with Crippen LogP contribution in [0.2, 0.25) is 0 Å². The molecule has 1 N–H and O–H groups in total. The van der Waals surface area contributed by atoms with E-state index in [1.807, 2.05) is 19.9 Å². The van der Waals surface area contributed by atoms with Crippen LogP contribution in [0.3, 0.4) is 0 Å². The third-order valence-electron chi connectivity index (χ3n) is 2.44. The molecule has 0 radical (unpaired) electrons. The number of nitrogens with zero attached hydrogens (tertiary/aromatic N) is 1. The van der Waals surface area contributed by atoms with E-state index >= 15 is 0 Å². The lowest BCUT2D eigenvalue weighted by Crippen LogP contribution is -2.22. The van der Waals surface area contributed by atoms with Gasteiger partial charge >= 0.3 is 0 Å². The van der Waals surface area contributed by atoms with Crippen molar-refractivity contribution in [2.24, 2.45) is 0 Å². The summed E-state index contributed by atoms with van der Waals surface area (Å²) in [6.07, 6.45) is -0.00106. The Morgan fingerprint density at radius 2 is 2.11 bits per heavy atom. The van der Waals surface area contributed by atoms with E-state index in [1.165, 1.54) is 6.07 Å². The van der Waals surface area contributed by atoms with Gasteiger partial charge in [-0.1, -0.05) is 6.07 Å². The molecular weight excluding hydrogens is 264 g/mol. The van der Waals surface area contributed by atoms with Gasteiger partial charge in [0.15, 0.2) is 0 Å². The first-order valence-corrected chi connectivity index (χ1v) is 7.62. The van der Waals surface area contributed by atoms with E-state index in [4.69, 9.17) is 10.00 Å². The molecule has 0 saturated heterocycles. The van der Waals surface area contributed by atoms with Crippen molar-refractivity contribution in [3.05, 3.63) is 29.3 Å². The molecule has 0 fully saturated rings. The van der Waals surface area contributed by atoms with Crippen molar-refractivity contribution in [1.82, 2.24) is 0 Å². The highest BCUT2D eigenvalue weighted by atomic mass is 32.2. The molecule has 0 aliphatic heterocycles. The average molecular weight is 282 g/mol. The molecule has 1 rings (SSSR count). The number of hydrogen-bond acceptors (Lipinski definition) is 4. The molecule has 5 nitrogen and oxygen atoms in total. The van der Waals surface area contributed by atoms with Crippen LogP contribution in [-0.2, 0) is 14.8 Å². The molecule has 0 heterocycles. The van der Waals surface area contributed by atoms with E-state index in [1.54, 1.807) is 19.1 Å². The number of sulfonamides is 1. The fraction of sp³-hybridized carbons (Fsp3) is 0.462. The van der Waals surface area contributed by atoms with Gasteiger partial charge in [0, 0.05) is 0 Å². The standard InChI is InChI=1S/C13H18N2O3S/c1-10(2)18-6-7-19(16,17)15-13-8-12(9-14)5-4-11(13)3/h4-5,8,10,15H,6-7H2,1-3H3. The second-order valence-corrected chi connectivity index (χ2v) is 6.32. The first-order chi connectivity index (χ1) is 8.84. The fourth-order valence-electron chi connectivity index (χ4n) is 1.41. The Hall–Kier alpha value is -1.58. The van der Waals surface area contributed by atoms with Gasteiger partial charge in [-0.25, -0.2) is 8.42 Å². The first-order valence-electron chi connectivity index (χ1n) is 5.97. The van der Waals surface area contributed by atoms with Crippen molar-refractivity contribution in [3.63, 3.8) is 0 Å². The van der Waals surface area contributed by atoms with Crippen LogP contribution in [0, 0.1) is 18.3 Å². The third kappa shape index (κ3) is 5.28. The lowest BCUT2D eigenvalue weighted by atomic mass is 10.1. The zero-order chi connectivity index (χ0) is 14.5. The lowest BCUT2D eigenvalue weighted by molar-refractivity contribution is 0.0913. The smallest absolute Gasteiger partial charge is 0.235 e. The highest BCUT2D eigenvalue weighted by Gasteiger charge is 2.12. The van der Waals surface area contributed by atoms with Crippen LogP contribution in [0.5, 0.6) is 0 Å². The number of aryl methyl sites for hydroxylation is 1. The molecular formula is C13H18N2O3S. The molecule has 1 aromatic carbocycles. The van der Waals surface area contributed by atoms with Gasteiger partial charge in [-0.2, -0.15) is 5.26 Å². The molecule has 0 spiro atoms. The van der Waals surface area contributed by atoms with Gasteiger partial charge < -0.3 is 4.74 Å². The quantitative estimate of drug-likeness (QED) is 0.866. The van der Waals surface area contributed by atoms with Crippen LogP contribution >= 0.6 is 0 Å². The van der Waals surface area contributed by atoms with Crippen molar-refractivity contribution in [2.75, 3.05) is 17.1 Å². The number of benzene rings is 1. The summed E-state index contributed by atoms with van der Waals surface area (Å²) in [5, 5.41) is 8.81. The molecule has 1 aromatic rings. The maximum Gasteiger partial charge on any atom is 0.235 e. The summed E-state index contributed by atoms with van der Waals surface area (Å²) in [6, 6.07) is 6.86.